The van der Waals surface area contributed by atoms with Crippen molar-refractivity contribution in [2.75, 3.05) is 19.8 Å². The SMILES string of the molecule is C1CCOC1.C[Si](C)(C)C.N#CC1=CCCc2cc(S(=O)(=O)c3ccccc3)ccc21.N#CC1CCCc2cc(S(=O)(=O)c3ccccc3)ccc21.NCC1CCCc2cc(S(=O)(=O)c3ccccc3)ccc21.O=C1CCCc2cc(S(=O)(=O)c3ccccc3)ccc21.[B]. The van der Waals surface area contributed by atoms with Gasteiger partial charge in [-0.2, -0.15) is 10.5 Å². The summed E-state index contributed by atoms with van der Waals surface area (Å²) in [5.74, 6) is 0.361. The molecule has 1 saturated heterocycles. The van der Waals surface area contributed by atoms with Gasteiger partial charge in [0, 0.05) is 41.7 Å². The van der Waals surface area contributed by atoms with Crippen LogP contribution in [0.3, 0.4) is 0 Å². The lowest BCUT2D eigenvalue weighted by atomic mass is 9.83. The fraction of sp³-hybridized carbons (Fsp3) is 0.293. The summed E-state index contributed by atoms with van der Waals surface area (Å²) in [5.41, 5.74) is 14.0. The second kappa shape index (κ2) is 33.5. The number of nitrogens with two attached hydrogens (primary N) is 1. The summed E-state index contributed by atoms with van der Waals surface area (Å²) >= 11 is 0. The van der Waals surface area contributed by atoms with Gasteiger partial charge in [-0.3, -0.25) is 4.79 Å². The van der Waals surface area contributed by atoms with Gasteiger partial charge in [-0.05, 0) is 232 Å². The lowest BCUT2D eigenvalue weighted by molar-refractivity contribution is 0.0972. The van der Waals surface area contributed by atoms with Crippen molar-refractivity contribution in [2.45, 2.75) is 161 Å². The number of rotatable bonds is 9. The summed E-state index contributed by atoms with van der Waals surface area (Å²) in [4.78, 5) is 14.2. The molecule has 1 aliphatic heterocycles. The highest BCUT2D eigenvalue weighted by molar-refractivity contribution is 7.92. The van der Waals surface area contributed by atoms with Crippen LogP contribution in [0.25, 0.3) is 5.57 Å². The number of benzene rings is 8. The number of ketones is 1. The van der Waals surface area contributed by atoms with Crippen LogP contribution in [-0.2, 0) is 69.8 Å². The van der Waals surface area contributed by atoms with Crippen molar-refractivity contribution in [3.05, 3.63) is 245 Å². The number of Topliss-reactive ketones (excluding diaryl/α,β-unsaturated/α-hetero) is 1. The van der Waals surface area contributed by atoms with Gasteiger partial charge in [-0.15, -0.1) is 0 Å². The maximum absolute atomic E-state index is 12.6. The van der Waals surface area contributed by atoms with E-state index in [2.05, 4.69) is 38.3 Å². The summed E-state index contributed by atoms with van der Waals surface area (Å²) in [7, 11) is -14.5. The number of carbonyl (C=O) groups excluding carboxylic acids is 1. The van der Waals surface area contributed by atoms with Crippen LogP contribution >= 0.6 is 0 Å². The van der Waals surface area contributed by atoms with E-state index in [-0.39, 0.29) is 39.7 Å². The van der Waals surface area contributed by atoms with Gasteiger partial charge in [-0.1, -0.05) is 123 Å². The van der Waals surface area contributed by atoms with Crippen LogP contribution in [0.15, 0.2) is 239 Å². The van der Waals surface area contributed by atoms with Crippen LogP contribution in [0.4, 0.5) is 0 Å². The number of allylic oxidation sites excluding steroid dienone is 2. The minimum Gasteiger partial charge on any atom is -0.381 e. The number of carbonyl (C=O) groups is 1. The maximum atomic E-state index is 12.6. The molecule has 1 heterocycles. The molecule has 8 aromatic rings. The maximum Gasteiger partial charge on any atom is 0.206 e. The Morgan fingerprint density at radius 1 is 0.447 bits per heavy atom. The molecule has 0 bridgehead atoms. The van der Waals surface area contributed by atoms with E-state index < -0.39 is 47.4 Å². The second-order valence-corrected chi connectivity index (χ2v) is 38.7. The van der Waals surface area contributed by atoms with Crippen LogP contribution in [0, 0.1) is 22.7 Å². The molecule has 8 aromatic carbocycles. The summed E-state index contributed by atoms with van der Waals surface area (Å²) in [6.07, 6.45) is 13.8. The summed E-state index contributed by atoms with van der Waals surface area (Å²) in [6.45, 7) is 11.9. The van der Waals surface area contributed by atoms with E-state index in [1.165, 1.54) is 24.5 Å². The molecule has 0 amide bonds. The second-order valence-electron chi connectivity index (χ2n) is 24.9. The van der Waals surface area contributed by atoms with Crippen molar-refractivity contribution in [3.8, 4) is 12.1 Å². The topological polar surface area (TPSA) is 236 Å². The van der Waals surface area contributed by atoms with Crippen LogP contribution < -0.4 is 5.73 Å². The van der Waals surface area contributed by atoms with E-state index >= 15 is 0 Å². The fourth-order valence-electron chi connectivity index (χ4n) is 11.4. The average Bonchev–Trinajstić information content (AvgIpc) is 0.831. The van der Waals surface area contributed by atoms with Gasteiger partial charge in [0.2, 0.25) is 39.3 Å². The summed E-state index contributed by atoms with van der Waals surface area (Å²) < 4.78 is 106. The minimum absolute atomic E-state index is 0. The van der Waals surface area contributed by atoms with Crippen molar-refractivity contribution in [1.29, 1.82) is 10.5 Å². The largest absolute Gasteiger partial charge is 0.381 e. The Hall–Kier alpha value is -7.85. The van der Waals surface area contributed by atoms with E-state index in [0.29, 0.717) is 49.6 Å². The van der Waals surface area contributed by atoms with Gasteiger partial charge < -0.3 is 10.5 Å². The lowest BCUT2D eigenvalue weighted by Crippen LogP contribution is -2.18. The van der Waals surface area contributed by atoms with Crippen LogP contribution in [0.5, 0.6) is 0 Å². The monoisotopic (exact) mass is 1350 g/mol. The van der Waals surface area contributed by atoms with E-state index in [1.54, 1.807) is 170 Å². The Morgan fingerprint density at radius 3 is 1.22 bits per heavy atom. The molecular weight excluding hydrogens is 1270 g/mol. The number of aryl methyl sites for hydroxylation is 4. The zero-order valence-corrected chi connectivity index (χ0v) is 58.1. The number of fused-ring (bicyclic) bond motifs is 4. The molecule has 0 aromatic heterocycles. The Balaban J connectivity index is 0.000000168. The van der Waals surface area contributed by atoms with Crippen molar-refractivity contribution in [1.82, 2.24) is 0 Å². The first-order valence-electron chi connectivity index (χ1n) is 31.5. The molecule has 2 N–H and O–H groups in total. The highest BCUT2D eigenvalue weighted by Crippen LogP contribution is 2.36. The van der Waals surface area contributed by atoms with Gasteiger partial charge in [0.05, 0.1) is 62.8 Å². The summed E-state index contributed by atoms with van der Waals surface area (Å²) in [5, 5.41) is 18.3. The lowest BCUT2D eigenvalue weighted by Gasteiger charge is -2.24. The molecule has 4 aliphatic carbocycles. The Kier molecular flexibility index (Phi) is 26.2. The average molecular weight is 1350 g/mol. The minimum atomic E-state index is -3.50. The van der Waals surface area contributed by atoms with E-state index in [4.69, 9.17) is 15.7 Å². The van der Waals surface area contributed by atoms with Gasteiger partial charge >= 0.3 is 0 Å². The Labute approximate surface area is 560 Å². The Bertz CT molecular complexity index is 4480. The first kappa shape index (κ1) is 73.6. The number of nitrogens with zero attached hydrogens (tertiary/aromatic N) is 2. The number of nitriles is 2. The normalized spacial score (nSPS) is 16.2. The number of hydrogen-bond acceptors (Lipinski definition) is 13. The van der Waals surface area contributed by atoms with E-state index in [9.17, 15) is 43.7 Å². The highest BCUT2D eigenvalue weighted by Gasteiger charge is 2.27. The molecule has 2 atom stereocenters. The summed E-state index contributed by atoms with van der Waals surface area (Å²) in [6, 6.07) is 58.7. The fourth-order valence-corrected chi connectivity index (χ4v) is 16.8. The molecule has 2 unspecified atom stereocenters. The third-order valence-corrected chi connectivity index (χ3v) is 23.3. The predicted molar refractivity (Wildman–Crippen MR) is 374 cm³/mol. The van der Waals surface area contributed by atoms with Crippen molar-refractivity contribution < 1.29 is 43.2 Å². The molecule has 0 spiro atoms. The van der Waals surface area contributed by atoms with Gasteiger partial charge in [0.15, 0.2) is 5.78 Å². The molecule has 13 rings (SSSR count). The third-order valence-electron chi connectivity index (χ3n) is 16.2. The van der Waals surface area contributed by atoms with Crippen LogP contribution in [0.2, 0.25) is 26.2 Å². The van der Waals surface area contributed by atoms with Crippen molar-refractivity contribution in [2.24, 2.45) is 5.73 Å². The molecule has 94 heavy (non-hydrogen) atoms. The highest BCUT2D eigenvalue weighted by atomic mass is 32.2. The van der Waals surface area contributed by atoms with Crippen molar-refractivity contribution >= 4 is 67.2 Å². The first-order valence-corrected chi connectivity index (χ1v) is 41.4. The standard InChI is InChI=1S/C17H19NO2S.C17H15NO2S.C17H13NO2S.C16H14O3S.C4H8O.C4H12Si.B/c3*18-12-14-6-4-5-13-11-16(9-10-17(13)14)21(19,20)15-7-2-1-3-8-15;17-16-8-4-5-12-11-14(9-10-15(12)16)20(18,19)13-6-2-1-3-7-13;1-2-4-5-3-1;1-5(2,3)4;/h1-3,7-11,14H,4-6,12,18H2;1-3,7-11,14H,4-6H2;1-3,6-11H,4-5H2;1-3,6-7,9-11H,4-5,8H2;1-4H2;1-4H3;. The zero-order chi connectivity index (χ0) is 66.8. The predicted octanol–water partition coefficient (Wildman–Crippen LogP) is 15.1. The van der Waals surface area contributed by atoms with E-state index in [0.717, 1.165) is 111 Å². The first-order chi connectivity index (χ1) is 44.5. The smallest absolute Gasteiger partial charge is 0.206 e. The van der Waals surface area contributed by atoms with Crippen LogP contribution in [0.1, 0.15) is 119 Å². The number of sulfone groups is 4. The number of ether oxygens (including phenoxy) is 1. The molecule has 0 saturated carbocycles. The molecule has 487 valence electrons. The zero-order valence-electron chi connectivity index (χ0n) is 53.8. The Morgan fingerprint density at radius 2 is 0.819 bits per heavy atom. The molecule has 3 radical (unpaired) electrons. The molecule has 13 nitrogen and oxygen atoms in total. The van der Waals surface area contributed by atoms with Crippen molar-refractivity contribution in [3.63, 3.8) is 0 Å². The number of hydrogen-bond donors (Lipinski definition) is 1. The van der Waals surface area contributed by atoms with Gasteiger partial charge in [0.1, 0.15) is 0 Å². The molecular formula is C75H81BN3O10S4Si. The van der Waals surface area contributed by atoms with E-state index in [1.807, 2.05) is 24.3 Å². The molecule has 5 aliphatic rings. The van der Waals surface area contributed by atoms with Gasteiger partial charge in [-0.25, -0.2) is 33.7 Å². The molecule has 19 heteroatoms. The molecule has 1 fully saturated rings. The van der Waals surface area contributed by atoms with Gasteiger partial charge in [0.25, 0.3) is 0 Å². The van der Waals surface area contributed by atoms with Crippen LogP contribution in [-0.4, -0.2) is 75.7 Å². The quantitative estimate of drug-likeness (QED) is 0.133. The third kappa shape index (κ3) is 19.0.